The van der Waals surface area contributed by atoms with Gasteiger partial charge in [0.15, 0.2) is 50.2 Å². The Labute approximate surface area is 748 Å². The molecule has 1 saturated heterocycles. The van der Waals surface area contributed by atoms with E-state index in [0.717, 1.165) is 72.4 Å². The normalized spacial score (nSPS) is 11.3. The number of carboxylic acids is 1. The zero-order valence-electron chi connectivity index (χ0n) is 66.1. The second-order valence-corrected chi connectivity index (χ2v) is 29.7. The molecule has 0 spiro atoms. The van der Waals surface area contributed by atoms with Gasteiger partial charge in [0, 0.05) is 37.3 Å². The fourth-order valence-corrected chi connectivity index (χ4v) is 12.5. The van der Waals surface area contributed by atoms with Gasteiger partial charge < -0.3 is 41.0 Å². The van der Waals surface area contributed by atoms with E-state index in [1.807, 2.05) is 0 Å². The predicted molar refractivity (Wildman–Crippen MR) is 465 cm³/mol. The number of nitrogens with zero attached hydrogens (tertiary/aromatic N) is 9. The van der Waals surface area contributed by atoms with Crippen LogP contribution < -0.4 is 27.4 Å². The molecule has 0 amide bonds. The van der Waals surface area contributed by atoms with E-state index in [-0.39, 0.29) is 101 Å². The monoisotopic (exact) mass is 1900 g/mol. The average molecular weight is 1900 g/mol. The highest BCUT2D eigenvalue weighted by Gasteiger charge is 2.34. The molecule has 13 rings (SSSR count). The van der Waals surface area contributed by atoms with Crippen molar-refractivity contribution in [2.24, 2.45) is 0 Å². The van der Waals surface area contributed by atoms with E-state index in [4.69, 9.17) is 50.6 Å². The molecule has 0 saturated carbocycles. The molecule has 7 N–H and O–H groups in total. The molecule has 6 heterocycles. The second kappa shape index (κ2) is 48.8. The van der Waals surface area contributed by atoms with Crippen molar-refractivity contribution in [3.05, 3.63) is 262 Å². The molecule has 1 fully saturated rings. The number of para-hydroxylation sites is 4. The number of esters is 2. The number of thiol groups is 1. The number of carbonyl (C=O) groups excluding carboxylic acids is 6. The molecule has 0 aliphatic carbocycles. The largest absolute Gasteiger partial charge is 0.488 e. The van der Waals surface area contributed by atoms with Crippen LogP contribution in [0.4, 0.5) is 77.0 Å². The zero-order chi connectivity index (χ0) is 93.2. The standard InChI is InChI=1S/C22H14F3N3O3S.C19H14F3N3OS.C12H8ClF2N3OS.C7H8BFO2.C6H4Cl2N2OS.C6H5F2N.C6H8O4.C2H4OS.CH4/c1-10-8-11(23)6-7-12(10)17-13-9-14(21(30)31)20(29)28(19(13)27-22(26-17)32-2)18-15(24)4-3-5-16(18)25;1-10-8-11(20)6-7-12(10)16-13(9-26)18(25-19(24-16)27-2)23-17-14(21)4-3-5-15(17)22;1-20-12-17-10(13)6(5-19)11(18-12)16-9-7(14)3-2-4-8(9)15;1-5-4-6(9)2-3-7(5)8(10)11;1-12-6-9-4(7)3(2-11)5(8)10-6;7-4-2-1-3-5(8)6(4)9;1-6(2)9-4(7)3-5(8)10-6;1-2(3)4;/h3-9H,1-2H3,(H,30,31);3-9H,1-2H3,(H,23,24,25);2-5H,1H3,(H,16,17,18);2-4,10-11H,1H3;2H,1H3;1-3H,9H2;3H2,1-2H3;1H3,(H,3,4);1H4. The van der Waals surface area contributed by atoms with E-state index in [2.05, 4.69) is 72.6 Å². The van der Waals surface area contributed by atoms with Gasteiger partial charge in [-0.1, -0.05) is 120 Å². The predicted octanol–water partition coefficient (Wildman–Crippen LogP) is 18.4. The molecule has 12 aromatic rings. The van der Waals surface area contributed by atoms with Crippen LogP contribution in [0.5, 0.6) is 0 Å². The van der Waals surface area contributed by atoms with E-state index in [1.165, 1.54) is 129 Å². The maximum atomic E-state index is 14.7. The number of pyridine rings is 1. The molecular formula is C81H69BCl3F11N12O13S5. The number of hydrogen-bond acceptors (Lipinski definition) is 27. The number of aldehydes is 3. The summed E-state index contributed by atoms with van der Waals surface area (Å²) in [6.07, 6.45) is 8.09. The third-order valence-electron chi connectivity index (χ3n) is 15.8. The van der Waals surface area contributed by atoms with Crippen molar-refractivity contribution in [3.63, 3.8) is 0 Å². The first-order valence-corrected chi connectivity index (χ1v) is 41.2. The minimum Gasteiger partial charge on any atom is -0.477 e. The molecule has 25 nitrogen and oxygen atoms in total. The van der Waals surface area contributed by atoms with Gasteiger partial charge in [-0.05, 0) is 171 Å². The Morgan fingerprint density at radius 1 is 0.516 bits per heavy atom. The van der Waals surface area contributed by atoms with E-state index in [0.29, 0.717) is 67.0 Å². The molecule has 7 aromatic carbocycles. The number of nitrogen functional groups attached to an aromatic ring is 1. The lowest BCUT2D eigenvalue weighted by atomic mass is 9.77. The molecule has 0 bridgehead atoms. The SMILES string of the molecule is C.CC(=O)S.CC1(C)OC(=O)CC(=O)O1.CSc1nc(-c2ccc(F)cc2C)c2cc(C(=O)O)c(=O)n(-c3c(F)cccc3F)c2n1.CSc1nc(Cl)c(C=O)c(Cl)n1.CSc1nc(Cl)c(C=O)c(Nc2c(F)cccc2F)n1.CSc1nc(Nc2c(F)cccc2F)c(C=O)c(-c2ccc(F)cc2C)n1.Cc1cc(F)ccc1B(O)O.Nc1c(F)cccc1F. The quantitative estimate of drug-likeness (QED) is 0.00451. The van der Waals surface area contributed by atoms with Gasteiger partial charge in [0.05, 0.1) is 28.1 Å². The fraction of sp³-hybridized carbons (Fsp3) is 0.160. The average Bonchev–Trinajstić information content (AvgIpc) is 0.736. The van der Waals surface area contributed by atoms with Gasteiger partial charge in [-0.3, -0.25) is 38.1 Å². The summed E-state index contributed by atoms with van der Waals surface area (Å²) in [4.78, 5) is 121. The summed E-state index contributed by atoms with van der Waals surface area (Å²) >= 11 is 25.2. The Morgan fingerprint density at radius 3 is 1.24 bits per heavy atom. The lowest BCUT2D eigenvalue weighted by Crippen LogP contribution is -2.39. The number of halogens is 14. The number of cyclic esters (lactones) is 2. The second-order valence-electron chi connectivity index (χ2n) is 24.9. The van der Waals surface area contributed by atoms with E-state index in [9.17, 15) is 91.8 Å². The number of carbonyl (C=O) groups is 7. The molecular weight excluding hydrogens is 1840 g/mol. The van der Waals surface area contributed by atoms with Gasteiger partial charge >= 0.3 is 25.0 Å². The number of aryl methyl sites for hydroxylation is 3. The molecule has 0 unspecified atom stereocenters. The number of aromatic carboxylic acids is 1. The Bertz CT molecular complexity index is 5990. The van der Waals surface area contributed by atoms with Crippen molar-refractivity contribution in [2.75, 3.05) is 41.4 Å². The molecule has 1 aliphatic rings. The van der Waals surface area contributed by atoms with Crippen LogP contribution in [0.1, 0.15) is 92.7 Å². The maximum Gasteiger partial charge on any atom is 0.488 e. The highest BCUT2D eigenvalue weighted by atomic mass is 35.5. The first kappa shape index (κ1) is 105. The van der Waals surface area contributed by atoms with Gasteiger partial charge in [-0.15, -0.1) is 12.6 Å². The number of nitrogens with two attached hydrogens (primary N) is 1. The Balaban J connectivity index is 0.000000271. The van der Waals surface area contributed by atoms with Gasteiger partial charge in [-0.2, -0.15) is 0 Å². The summed E-state index contributed by atoms with van der Waals surface area (Å²) in [6, 6.07) is 26.2. The number of thioether (sulfide) groups is 4. The minimum atomic E-state index is -1.59. The summed E-state index contributed by atoms with van der Waals surface area (Å²) in [5, 5.41) is 33.3. The van der Waals surface area contributed by atoms with E-state index < -0.39 is 123 Å². The number of fused-ring (bicyclic) bond motifs is 1. The summed E-state index contributed by atoms with van der Waals surface area (Å²) in [5.41, 5.74) is 4.33. The molecule has 0 radical (unpaired) electrons. The Hall–Kier alpha value is -11.6. The van der Waals surface area contributed by atoms with Gasteiger partial charge in [-0.25, -0.2) is 93.0 Å². The number of rotatable bonds is 16. The summed E-state index contributed by atoms with van der Waals surface area (Å²) in [6.45, 7) is 9.36. The summed E-state index contributed by atoms with van der Waals surface area (Å²) in [5.74, 6) is -11.9. The third-order valence-corrected chi connectivity index (χ3v) is 18.8. The highest BCUT2D eigenvalue weighted by molar-refractivity contribution is 7.99. The van der Waals surface area contributed by atoms with Crippen molar-refractivity contribution in [3.8, 4) is 28.2 Å². The minimum absolute atomic E-state index is 0. The molecule has 0 atom stereocenters. The van der Waals surface area contributed by atoms with Crippen molar-refractivity contribution < 1.29 is 106 Å². The summed E-state index contributed by atoms with van der Waals surface area (Å²) in [7, 11) is -1.52. The lowest BCUT2D eigenvalue weighted by Gasteiger charge is -2.28. The number of carboxylic acid groups (broad SMARTS) is 1. The Kier molecular flexibility index (Phi) is 40.6. The van der Waals surface area contributed by atoms with Crippen LogP contribution in [0.2, 0.25) is 15.5 Å². The third kappa shape index (κ3) is 29.0. The van der Waals surface area contributed by atoms with Crippen LogP contribution >= 0.6 is 94.5 Å². The van der Waals surface area contributed by atoms with Crippen LogP contribution in [0.25, 0.3) is 39.2 Å². The van der Waals surface area contributed by atoms with Crippen molar-refractivity contribution in [1.29, 1.82) is 0 Å². The van der Waals surface area contributed by atoms with Crippen LogP contribution in [0, 0.1) is 84.8 Å². The molecule has 45 heteroatoms. The smallest absolute Gasteiger partial charge is 0.477 e. The highest BCUT2D eigenvalue weighted by Crippen LogP contribution is 2.37. The first-order chi connectivity index (χ1) is 59.0. The van der Waals surface area contributed by atoms with Gasteiger partial charge in [0.25, 0.3) is 11.3 Å². The number of anilines is 5. The van der Waals surface area contributed by atoms with E-state index >= 15 is 0 Å². The molecule has 1 aliphatic heterocycles. The fourth-order valence-electron chi connectivity index (χ4n) is 10.2. The lowest BCUT2D eigenvalue weighted by molar-refractivity contribution is -0.231. The van der Waals surface area contributed by atoms with E-state index in [1.54, 1.807) is 45.8 Å². The molecule has 5 aromatic heterocycles. The number of hydrogen-bond donors (Lipinski definition) is 7. The Morgan fingerprint density at radius 2 is 0.865 bits per heavy atom. The zero-order valence-corrected chi connectivity index (χ0v) is 72.5. The summed E-state index contributed by atoms with van der Waals surface area (Å²) < 4.78 is 158. The number of ether oxygens (including phenoxy) is 2. The number of benzene rings is 7. The van der Waals surface area contributed by atoms with Crippen molar-refractivity contribution in [1.82, 2.24) is 44.4 Å². The molecule has 126 heavy (non-hydrogen) atoms. The first-order valence-electron chi connectivity index (χ1n) is 34.8. The van der Waals surface area contributed by atoms with Gasteiger partial charge in [0.2, 0.25) is 0 Å². The van der Waals surface area contributed by atoms with Gasteiger partial charge in [0.1, 0.15) is 126 Å². The number of aromatic nitrogens is 9. The van der Waals surface area contributed by atoms with Crippen LogP contribution in [0.15, 0.2) is 159 Å². The topological polar surface area (TPSA) is 374 Å². The van der Waals surface area contributed by atoms with Crippen molar-refractivity contribution >= 4 is 189 Å². The number of nitrogens with one attached hydrogen (secondary N) is 2. The van der Waals surface area contributed by atoms with Crippen LogP contribution in [0.3, 0.4) is 0 Å². The van der Waals surface area contributed by atoms with Crippen LogP contribution in [-0.4, -0.2) is 139 Å². The van der Waals surface area contributed by atoms with Crippen LogP contribution in [-0.2, 0) is 23.9 Å². The molecule has 662 valence electrons. The van der Waals surface area contributed by atoms with Crippen molar-refractivity contribution in [2.45, 2.75) is 81.8 Å². The maximum absolute atomic E-state index is 14.7.